The first-order valence-electron chi connectivity index (χ1n) is 12.7. The largest absolute Gasteiger partial charge is 0.405 e. The van der Waals surface area contributed by atoms with Crippen LogP contribution in [0.2, 0.25) is 5.04 Å². The summed E-state index contributed by atoms with van der Waals surface area (Å²) >= 11 is 0. The minimum Gasteiger partial charge on any atom is -0.405 e. The smallest absolute Gasteiger partial charge is 0.331 e. The van der Waals surface area contributed by atoms with Gasteiger partial charge in [0.2, 0.25) is 11.5 Å². The summed E-state index contributed by atoms with van der Waals surface area (Å²) in [7, 11) is -3.10. The summed E-state index contributed by atoms with van der Waals surface area (Å²) in [6.45, 7) is 7.07. The lowest BCUT2D eigenvalue weighted by Gasteiger charge is -2.47. The predicted octanol–water partition coefficient (Wildman–Crippen LogP) is 1.00. The van der Waals surface area contributed by atoms with Crippen molar-refractivity contribution in [1.82, 2.24) is 9.55 Å². The van der Waals surface area contributed by atoms with Crippen LogP contribution in [0.1, 0.15) is 34.1 Å². The minimum atomic E-state index is -3.10. The van der Waals surface area contributed by atoms with Gasteiger partial charge >= 0.3 is 5.69 Å². The number of nitrogens with zero attached hydrogens (tertiary/aromatic N) is 1. The van der Waals surface area contributed by atoms with Gasteiger partial charge in [0.25, 0.3) is 13.9 Å². The molecule has 1 aromatic heterocycles. The third kappa shape index (κ3) is 5.08. The van der Waals surface area contributed by atoms with Crippen LogP contribution in [-0.2, 0) is 19.7 Å². The highest BCUT2D eigenvalue weighted by molar-refractivity contribution is 6.99. The highest BCUT2D eigenvalue weighted by atomic mass is 28.4. The zero-order valence-electron chi connectivity index (χ0n) is 22.3. The standard InChI is InChI=1S/C28H33FN2O7Si/c1-18(32)28(31-16-21(29)25(35)30-26(31)36)15-22(33)24(34)23(38-28)17-37-39(27(2,3)4,19-11-7-5-8-12-19)20-13-9-6-10-14-20/h5-14,16,22-24,33-34H,15,17H2,1-4H3,(H,30,35,36)/t22-,23-,24-,28+/m1/s1. The second kappa shape index (κ2) is 10.7. The molecule has 1 aliphatic rings. The van der Waals surface area contributed by atoms with Gasteiger partial charge in [0.15, 0.2) is 5.78 Å². The minimum absolute atomic E-state index is 0.249. The fourth-order valence-electron chi connectivity index (χ4n) is 5.39. The zero-order valence-corrected chi connectivity index (χ0v) is 23.3. The lowest BCUT2D eigenvalue weighted by atomic mass is 9.91. The molecule has 3 N–H and O–H groups in total. The number of aromatic nitrogens is 2. The predicted molar refractivity (Wildman–Crippen MR) is 145 cm³/mol. The molecule has 4 atom stereocenters. The molecule has 0 aliphatic carbocycles. The second-order valence-corrected chi connectivity index (χ2v) is 15.1. The first-order chi connectivity index (χ1) is 18.3. The molecule has 0 unspecified atom stereocenters. The molecule has 0 bridgehead atoms. The van der Waals surface area contributed by atoms with Crippen LogP contribution in [0.5, 0.6) is 0 Å². The van der Waals surface area contributed by atoms with E-state index in [0.29, 0.717) is 10.8 Å². The number of aromatic amines is 1. The quantitative estimate of drug-likeness (QED) is 0.370. The lowest BCUT2D eigenvalue weighted by molar-refractivity contribution is -0.247. The molecule has 2 heterocycles. The van der Waals surface area contributed by atoms with Crippen LogP contribution in [-0.4, -0.2) is 58.8 Å². The number of nitrogens with one attached hydrogen (secondary N) is 1. The van der Waals surface area contributed by atoms with Gasteiger partial charge in [-0.3, -0.25) is 19.1 Å². The van der Waals surface area contributed by atoms with Gasteiger partial charge in [-0.15, -0.1) is 0 Å². The molecule has 11 heteroatoms. The van der Waals surface area contributed by atoms with E-state index in [4.69, 9.17) is 9.16 Å². The monoisotopic (exact) mass is 556 g/mol. The highest BCUT2D eigenvalue weighted by Gasteiger charge is 2.54. The molecule has 208 valence electrons. The van der Waals surface area contributed by atoms with E-state index in [1.165, 1.54) is 0 Å². The van der Waals surface area contributed by atoms with E-state index < -0.39 is 66.7 Å². The summed E-state index contributed by atoms with van der Waals surface area (Å²) in [6, 6.07) is 19.4. The summed E-state index contributed by atoms with van der Waals surface area (Å²) in [5, 5.41) is 23.3. The number of carbonyl (C=O) groups excluding carboxylic acids is 1. The lowest BCUT2D eigenvalue weighted by Crippen LogP contribution is -2.68. The third-order valence-corrected chi connectivity index (χ3v) is 12.3. The number of hydrogen-bond acceptors (Lipinski definition) is 7. The van der Waals surface area contributed by atoms with E-state index in [-0.39, 0.29) is 6.61 Å². The highest BCUT2D eigenvalue weighted by Crippen LogP contribution is 2.39. The first kappa shape index (κ1) is 28.8. The van der Waals surface area contributed by atoms with Crippen LogP contribution in [0.25, 0.3) is 0 Å². The fourth-order valence-corrected chi connectivity index (χ4v) is 9.96. The molecule has 2 aromatic carbocycles. The van der Waals surface area contributed by atoms with Crippen molar-refractivity contribution in [3.8, 4) is 0 Å². The Morgan fingerprint density at radius 2 is 1.64 bits per heavy atom. The number of carbonyl (C=O) groups is 1. The summed E-state index contributed by atoms with van der Waals surface area (Å²) in [6.07, 6.45) is -4.23. The Labute approximate surface area is 226 Å². The Bertz CT molecular complexity index is 1400. The number of ether oxygens (including phenoxy) is 1. The molecule has 9 nitrogen and oxygen atoms in total. The van der Waals surface area contributed by atoms with Gasteiger partial charge in [0.05, 0.1) is 18.9 Å². The molecule has 1 saturated heterocycles. The molecule has 1 fully saturated rings. The van der Waals surface area contributed by atoms with Gasteiger partial charge in [-0.25, -0.2) is 4.79 Å². The van der Waals surface area contributed by atoms with Crippen molar-refractivity contribution < 1.29 is 28.6 Å². The Morgan fingerprint density at radius 1 is 1.10 bits per heavy atom. The average molecular weight is 557 g/mol. The van der Waals surface area contributed by atoms with E-state index in [9.17, 15) is 29.0 Å². The fraction of sp³-hybridized carbons (Fsp3) is 0.393. The molecular formula is C28H33FN2O7Si. The number of benzene rings is 2. The number of H-pyrrole nitrogens is 1. The van der Waals surface area contributed by atoms with Gasteiger partial charge in [-0.05, 0) is 22.3 Å². The van der Waals surface area contributed by atoms with Crippen molar-refractivity contribution in [2.75, 3.05) is 6.61 Å². The Morgan fingerprint density at radius 3 is 2.13 bits per heavy atom. The Balaban J connectivity index is 1.80. The van der Waals surface area contributed by atoms with Crippen LogP contribution in [0, 0.1) is 5.82 Å². The van der Waals surface area contributed by atoms with Crippen molar-refractivity contribution in [1.29, 1.82) is 0 Å². The van der Waals surface area contributed by atoms with Gasteiger partial charge in [0, 0.05) is 6.42 Å². The number of aliphatic hydroxyl groups is 2. The summed E-state index contributed by atoms with van der Waals surface area (Å²) in [5.74, 6) is -2.03. The number of rotatable bonds is 7. The van der Waals surface area contributed by atoms with Gasteiger partial charge in [-0.1, -0.05) is 81.4 Å². The van der Waals surface area contributed by atoms with Gasteiger partial charge < -0.3 is 19.4 Å². The maximum absolute atomic E-state index is 14.2. The Hall–Kier alpha value is -3.22. The van der Waals surface area contributed by atoms with Crippen LogP contribution in [0.15, 0.2) is 76.4 Å². The maximum Gasteiger partial charge on any atom is 0.331 e. The normalized spacial score (nSPS) is 23.9. The SMILES string of the molecule is CC(=O)[C@]1(n2cc(F)c(=O)[nH]c2=O)C[C@@H](O)[C@@H](O)[C@@H](CO[Si](c2ccccc2)(c2ccccc2)C(C)(C)C)O1. The topological polar surface area (TPSA) is 131 Å². The van der Waals surface area contributed by atoms with Crippen LogP contribution >= 0.6 is 0 Å². The van der Waals surface area contributed by atoms with Crippen molar-refractivity contribution in [2.24, 2.45) is 0 Å². The molecule has 39 heavy (non-hydrogen) atoms. The van der Waals surface area contributed by atoms with Gasteiger partial charge in [0.1, 0.15) is 12.2 Å². The third-order valence-electron chi connectivity index (χ3n) is 7.33. The molecule has 0 amide bonds. The molecule has 0 saturated carbocycles. The average Bonchev–Trinajstić information content (AvgIpc) is 2.89. The molecule has 0 spiro atoms. The summed E-state index contributed by atoms with van der Waals surface area (Å²) in [4.78, 5) is 39.1. The van der Waals surface area contributed by atoms with Crippen molar-refractivity contribution in [3.05, 3.63) is 93.5 Å². The van der Waals surface area contributed by atoms with E-state index in [1.54, 1.807) is 0 Å². The Kier molecular flexibility index (Phi) is 7.93. The number of Topliss-reactive ketones (excluding diaryl/α,β-unsaturated/α-hetero) is 1. The van der Waals surface area contributed by atoms with Crippen molar-refractivity contribution >= 4 is 24.5 Å². The number of ketones is 1. The number of aliphatic hydroxyl groups excluding tert-OH is 2. The van der Waals surface area contributed by atoms with Crippen molar-refractivity contribution in [2.45, 2.75) is 63.2 Å². The first-order valence-corrected chi connectivity index (χ1v) is 14.6. The van der Waals surface area contributed by atoms with Gasteiger partial charge in [-0.2, -0.15) is 4.39 Å². The summed E-state index contributed by atoms with van der Waals surface area (Å²) in [5.41, 5.74) is -4.52. The maximum atomic E-state index is 14.2. The van der Waals surface area contributed by atoms with E-state index in [1.807, 2.05) is 65.6 Å². The van der Waals surface area contributed by atoms with E-state index in [0.717, 1.165) is 17.3 Å². The molecular weight excluding hydrogens is 523 g/mol. The zero-order chi connectivity index (χ0) is 28.6. The molecule has 1 aliphatic heterocycles. The van der Waals surface area contributed by atoms with Crippen LogP contribution in [0.4, 0.5) is 4.39 Å². The number of hydrogen-bond donors (Lipinski definition) is 3. The van der Waals surface area contributed by atoms with E-state index >= 15 is 0 Å². The second-order valence-electron chi connectivity index (χ2n) is 10.8. The summed E-state index contributed by atoms with van der Waals surface area (Å²) < 4.78 is 27.7. The molecule has 3 aromatic rings. The molecule has 0 radical (unpaired) electrons. The van der Waals surface area contributed by atoms with Crippen LogP contribution < -0.4 is 21.6 Å². The van der Waals surface area contributed by atoms with Crippen molar-refractivity contribution in [3.63, 3.8) is 0 Å². The van der Waals surface area contributed by atoms with Crippen LogP contribution in [0.3, 0.4) is 0 Å². The number of halogens is 1. The molecule has 4 rings (SSSR count). The van der Waals surface area contributed by atoms with E-state index in [2.05, 4.69) is 20.8 Å².